The van der Waals surface area contributed by atoms with E-state index in [1.807, 2.05) is 4.90 Å². The summed E-state index contributed by atoms with van der Waals surface area (Å²) in [5.74, 6) is -1.76. The van der Waals surface area contributed by atoms with Crippen LogP contribution in [0.3, 0.4) is 0 Å². The Morgan fingerprint density at radius 1 is 0.947 bits per heavy atom. The summed E-state index contributed by atoms with van der Waals surface area (Å²) < 4.78 is 48.5. The summed E-state index contributed by atoms with van der Waals surface area (Å²) in [4.78, 5) is 58.0. The van der Waals surface area contributed by atoms with Crippen molar-refractivity contribution >= 4 is 17.6 Å². The number of alkyl halides is 3. The van der Waals surface area contributed by atoms with E-state index in [1.165, 1.54) is 6.07 Å². The maximum atomic E-state index is 12.7. The first kappa shape index (κ1) is 26.9. The number of fused-ring (bicyclic) bond motifs is 2. The number of ether oxygens (including phenoxy) is 2. The number of carbonyl (C=O) groups is 2. The molecule has 2 aliphatic heterocycles. The predicted octanol–water partition coefficient (Wildman–Crippen LogP) is 0.127. The number of anilines is 1. The Balaban J connectivity index is 1.36. The van der Waals surface area contributed by atoms with Gasteiger partial charge < -0.3 is 19.2 Å². The van der Waals surface area contributed by atoms with Gasteiger partial charge in [-0.25, -0.2) is 14.4 Å². The number of rotatable bonds is 7. The molecule has 0 aliphatic carbocycles. The van der Waals surface area contributed by atoms with Crippen molar-refractivity contribution in [1.29, 1.82) is 0 Å². The Morgan fingerprint density at radius 3 is 2.39 bits per heavy atom. The Kier molecular flexibility index (Phi) is 8.14. The molecule has 0 saturated carbocycles. The van der Waals surface area contributed by atoms with Gasteiger partial charge in [0.1, 0.15) is 12.4 Å². The standard InChI is InChI=1S/C23H24F3N5O7/c24-23(25,26)15-37-18-5-2-1-4-17(18)29-12-10-28(11-13-29)8-3-9-30-21(34)16-14-36-19(32)6-7-20(33)38-31(27-16)22(30)35/h1-2,4-7H,3,8-15H2/b7-6+. The van der Waals surface area contributed by atoms with E-state index in [0.29, 0.717) is 49.7 Å². The molecule has 204 valence electrons. The molecular weight excluding hydrogens is 515 g/mol. The van der Waals surface area contributed by atoms with Crippen LogP contribution in [0.4, 0.5) is 18.9 Å². The number of nitrogens with zero attached hydrogens (tertiary/aromatic N) is 5. The Morgan fingerprint density at radius 2 is 1.66 bits per heavy atom. The predicted molar refractivity (Wildman–Crippen MR) is 125 cm³/mol. The summed E-state index contributed by atoms with van der Waals surface area (Å²) in [6.07, 6.45) is -2.47. The molecule has 15 heteroatoms. The van der Waals surface area contributed by atoms with Gasteiger partial charge in [0, 0.05) is 44.9 Å². The van der Waals surface area contributed by atoms with Crippen LogP contribution in [0.1, 0.15) is 12.1 Å². The molecule has 1 aromatic carbocycles. The van der Waals surface area contributed by atoms with Crippen molar-refractivity contribution in [2.45, 2.75) is 25.7 Å². The lowest BCUT2D eigenvalue weighted by Gasteiger charge is -2.36. The van der Waals surface area contributed by atoms with Crippen LogP contribution in [0, 0.1) is 0 Å². The first-order valence-corrected chi connectivity index (χ1v) is 11.7. The van der Waals surface area contributed by atoms with Gasteiger partial charge >= 0.3 is 23.8 Å². The van der Waals surface area contributed by atoms with Crippen LogP contribution in [0.2, 0.25) is 0 Å². The van der Waals surface area contributed by atoms with Gasteiger partial charge in [-0.1, -0.05) is 12.1 Å². The fourth-order valence-electron chi connectivity index (χ4n) is 3.99. The third-order valence-corrected chi connectivity index (χ3v) is 5.81. The molecule has 4 rings (SSSR count). The zero-order valence-electron chi connectivity index (χ0n) is 20.1. The number of aromatic nitrogens is 3. The highest BCUT2D eigenvalue weighted by molar-refractivity contribution is 5.91. The molecule has 38 heavy (non-hydrogen) atoms. The topological polar surface area (TPSA) is 125 Å². The van der Waals surface area contributed by atoms with Crippen molar-refractivity contribution in [3.8, 4) is 5.75 Å². The fourth-order valence-corrected chi connectivity index (χ4v) is 3.99. The number of piperazine rings is 1. The molecule has 2 bridgehead atoms. The highest BCUT2D eigenvalue weighted by Gasteiger charge is 2.29. The number of hydrogen-bond acceptors (Lipinski definition) is 10. The SMILES string of the molecule is O=C1/C=C/C(=O)On2nc(c(=O)n(CCCN3CCN(c4ccccc4OCC(F)(F)F)CC3)c2=O)CO1. The summed E-state index contributed by atoms with van der Waals surface area (Å²) in [7, 11) is 0. The van der Waals surface area contributed by atoms with E-state index in [0.717, 1.165) is 16.7 Å². The second kappa shape index (κ2) is 11.5. The van der Waals surface area contributed by atoms with Crippen LogP contribution in [0.5, 0.6) is 5.75 Å². The number of carbonyl (C=O) groups excluding carboxylic acids is 2. The Bertz CT molecular complexity index is 1330. The lowest BCUT2D eigenvalue weighted by molar-refractivity contribution is -0.153. The van der Waals surface area contributed by atoms with E-state index < -0.39 is 42.6 Å². The molecule has 0 spiro atoms. The average Bonchev–Trinajstić information content (AvgIpc) is 2.89. The van der Waals surface area contributed by atoms with Gasteiger partial charge in [0.05, 0.1) is 5.69 Å². The van der Waals surface area contributed by atoms with Crippen LogP contribution < -0.4 is 25.7 Å². The summed E-state index contributed by atoms with van der Waals surface area (Å²) in [5, 5.41) is 3.68. The van der Waals surface area contributed by atoms with Crippen LogP contribution in [-0.4, -0.2) is 76.9 Å². The minimum Gasteiger partial charge on any atom is -0.482 e. The maximum absolute atomic E-state index is 12.7. The van der Waals surface area contributed by atoms with Gasteiger partial charge in [-0.2, -0.15) is 13.2 Å². The first-order valence-electron chi connectivity index (χ1n) is 11.7. The number of para-hydroxylation sites is 2. The molecule has 2 aromatic rings. The van der Waals surface area contributed by atoms with Gasteiger partial charge in [0.15, 0.2) is 12.3 Å². The second-order valence-corrected chi connectivity index (χ2v) is 8.46. The second-order valence-electron chi connectivity index (χ2n) is 8.46. The molecule has 2 aliphatic rings. The van der Waals surface area contributed by atoms with E-state index in [1.54, 1.807) is 18.2 Å². The van der Waals surface area contributed by atoms with Crippen molar-refractivity contribution in [3.05, 3.63) is 62.9 Å². The molecular formula is C23H24F3N5O7. The van der Waals surface area contributed by atoms with Crippen molar-refractivity contribution < 1.29 is 37.1 Å². The largest absolute Gasteiger partial charge is 0.482 e. The van der Waals surface area contributed by atoms with Crippen LogP contribution >= 0.6 is 0 Å². The molecule has 3 heterocycles. The maximum Gasteiger partial charge on any atom is 0.422 e. The summed E-state index contributed by atoms with van der Waals surface area (Å²) in [6.45, 7) is 0.878. The highest BCUT2D eigenvalue weighted by atomic mass is 19.4. The lowest BCUT2D eigenvalue weighted by Crippen LogP contribution is -2.48. The van der Waals surface area contributed by atoms with Crippen molar-refractivity contribution in [3.63, 3.8) is 0 Å². The summed E-state index contributed by atoms with van der Waals surface area (Å²) >= 11 is 0. The number of cyclic esters (lactones) is 1. The quantitative estimate of drug-likeness (QED) is 0.448. The summed E-state index contributed by atoms with van der Waals surface area (Å²) in [6, 6.07) is 6.55. The monoisotopic (exact) mass is 539 g/mol. The van der Waals surface area contributed by atoms with E-state index >= 15 is 0 Å². The number of esters is 1. The van der Waals surface area contributed by atoms with Crippen molar-refractivity contribution in [2.24, 2.45) is 0 Å². The molecule has 0 N–H and O–H groups in total. The normalized spacial score (nSPS) is 17.5. The molecule has 0 unspecified atom stereocenters. The molecule has 1 fully saturated rings. The smallest absolute Gasteiger partial charge is 0.422 e. The zero-order chi connectivity index (χ0) is 27.3. The Labute approximate surface area is 213 Å². The first-order chi connectivity index (χ1) is 18.1. The number of hydrogen-bond donors (Lipinski definition) is 0. The Hall–Kier alpha value is -4.14. The van der Waals surface area contributed by atoms with Gasteiger partial charge in [0.2, 0.25) is 0 Å². The van der Waals surface area contributed by atoms with Crippen LogP contribution in [0.15, 0.2) is 46.0 Å². The molecule has 1 saturated heterocycles. The molecule has 0 radical (unpaired) electrons. The van der Waals surface area contributed by atoms with Gasteiger partial charge in [0.25, 0.3) is 5.56 Å². The van der Waals surface area contributed by atoms with Crippen molar-refractivity contribution in [2.75, 3.05) is 44.2 Å². The number of benzene rings is 1. The van der Waals surface area contributed by atoms with E-state index in [9.17, 15) is 32.3 Å². The fraction of sp³-hybridized carbons (Fsp3) is 0.435. The van der Waals surface area contributed by atoms with Crippen molar-refractivity contribution in [1.82, 2.24) is 19.4 Å². The lowest BCUT2D eigenvalue weighted by atomic mass is 10.2. The van der Waals surface area contributed by atoms with Crippen LogP contribution in [-0.2, 0) is 27.5 Å². The number of halogens is 3. The minimum atomic E-state index is -4.44. The molecule has 12 nitrogen and oxygen atoms in total. The highest BCUT2D eigenvalue weighted by Crippen LogP contribution is 2.30. The zero-order valence-corrected chi connectivity index (χ0v) is 20.1. The van der Waals surface area contributed by atoms with E-state index in [-0.39, 0.29) is 18.0 Å². The minimum absolute atomic E-state index is 0.0111. The molecule has 1 aromatic heterocycles. The van der Waals surface area contributed by atoms with Gasteiger partial charge in [-0.15, -0.1) is 5.10 Å². The van der Waals surface area contributed by atoms with E-state index in [2.05, 4.69) is 10.00 Å². The third kappa shape index (κ3) is 6.79. The summed E-state index contributed by atoms with van der Waals surface area (Å²) in [5.41, 5.74) is -1.42. The average molecular weight is 539 g/mol. The van der Waals surface area contributed by atoms with Crippen LogP contribution in [0.25, 0.3) is 0 Å². The van der Waals surface area contributed by atoms with Gasteiger partial charge in [-0.05, 0) is 29.9 Å². The third-order valence-electron chi connectivity index (χ3n) is 5.81. The molecule has 0 atom stereocenters. The van der Waals surface area contributed by atoms with E-state index in [4.69, 9.17) is 14.3 Å². The van der Waals surface area contributed by atoms with Gasteiger partial charge in [-0.3, -0.25) is 14.3 Å². The molecule has 0 amide bonds.